The first-order valence-electron chi connectivity index (χ1n) is 6.66. The van der Waals surface area contributed by atoms with E-state index in [4.69, 9.17) is 10.5 Å². The second kappa shape index (κ2) is 7.49. The summed E-state index contributed by atoms with van der Waals surface area (Å²) in [7, 11) is 1.72. The molecule has 0 aliphatic carbocycles. The Hall–Kier alpha value is -0.930. The summed E-state index contributed by atoms with van der Waals surface area (Å²) in [5.41, 5.74) is 5.98. The number of unbranched alkanes of at least 4 members (excludes halogenated alkanes) is 1. The zero-order chi connectivity index (χ0) is 13.4. The van der Waals surface area contributed by atoms with Crippen molar-refractivity contribution in [2.45, 2.75) is 44.6 Å². The molecule has 1 unspecified atom stereocenters. The Labute approximate surface area is 109 Å². The van der Waals surface area contributed by atoms with E-state index in [-0.39, 0.29) is 11.4 Å². The number of hydrogen-bond donors (Lipinski definition) is 1. The van der Waals surface area contributed by atoms with E-state index in [1.54, 1.807) is 13.2 Å². The van der Waals surface area contributed by atoms with E-state index in [2.05, 4.69) is 6.92 Å². The Morgan fingerprint density at radius 3 is 2.56 bits per heavy atom. The van der Waals surface area contributed by atoms with Crippen molar-refractivity contribution in [2.24, 2.45) is 5.73 Å². The fourth-order valence-corrected chi connectivity index (χ4v) is 2.29. The molecule has 3 heteroatoms. The van der Waals surface area contributed by atoms with Gasteiger partial charge in [-0.25, -0.2) is 4.39 Å². The summed E-state index contributed by atoms with van der Waals surface area (Å²) >= 11 is 0. The molecule has 0 bridgehead atoms. The van der Waals surface area contributed by atoms with Gasteiger partial charge in [0.2, 0.25) is 0 Å². The van der Waals surface area contributed by atoms with Gasteiger partial charge in [-0.15, -0.1) is 0 Å². The highest BCUT2D eigenvalue weighted by Crippen LogP contribution is 2.28. The van der Waals surface area contributed by atoms with Gasteiger partial charge in [0.1, 0.15) is 5.82 Å². The van der Waals surface area contributed by atoms with Crippen LogP contribution in [0.4, 0.5) is 4.39 Å². The van der Waals surface area contributed by atoms with E-state index in [0.717, 1.165) is 31.2 Å². The third-order valence-corrected chi connectivity index (χ3v) is 3.63. The summed E-state index contributed by atoms with van der Waals surface area (Å²) in [4.78, 5) is 0. The van der Waals surface area contributed by atoms with Crippen molar-refractivity contribution in [1.82, 2.24) is 0 Å². The van der Waals surface area contributed by atoms with Crippen LogP contribution in [0.2, 0.25) is 0 Å². The Kier molecular flexibility index (Phi) is 6.30. The van der Waals surface area contributed by atoms with E-state index in [0.29, 0.717) is 13.0 Å². The van der Waals surface area contributed by atoms with Crippen LogP contribution in [0.15, 0.2) is 24.3 Å². The number of methoxy groups -OCH3 is 1. The van der Waals surface area contributed by atoms with Gasteiger partial charge in [0, 0.05) is 13.5 Å². The molecule has 0 aliphatic heterocycles. The van der Waals surface area contributed by atoms with Gasteiger partial charge in [0.05, 0.1) is 5.60 Å². The molecule has 1 aromatic carbocycles. The van der Waals surface area contributed by atoms with E-state index >= 15 is 0 Å². The van der Waals surface area contributed by atoms with E-state index < -0.39 is 0 Å². The molecule has 0 amide bonds. The largest absolute Gasteiger partial charge is 0.378 e. The van der Waals surface area contributed by atoms with Crippen molar-refractivity contribution < 1.29 is 9.13 Å². The molecule has 2 N–H and O–H groups in total. The molecule has 1 rings (SSSR count). The van der Waals surface area contributed by atoms with Crippen molar-refractivity contribution in [3.63, 3.8) is 0 Å². The van der Waals surface area contributed by atoms with Gasteiger partial charge in [-0.2, -0.15) is 0 Å². The number of rotatable bonds is 8. The van der Waals surface area contributed by atoms with Crippen LogP contribution in [-0.4, -0.2) is 19.3 Å². The lowest BCUT2D eigenvalue weighted by Crippen LogP contribution is -2.34. The number of benzene rings is 1. The summed E-state index contributed by atoms with van der Waals surface area (Å²) < 4.78 is 19.4. The first-order chi connectivity index (χ1) is 8.67. The first kappa shape index (κ1) is 15.1. The fraction of sp³-hybridized carbons (Fsp3) is 0.600. The van der Waals surface area contributed by atoms with Crippen LogP contribution < -0.4 is 5.73 Å². The Balaban J connectivity index is 2.75. The molecular formula is C15H24FNO. The minimum atomic E-state index is -0.267. The SMILES string of the molecule is CCC(CCCCN)(Cc1ccccc1F)OC. The minimum Gasteiger partial charge on any atom is -0.378 e. The summed E-state index contributed by atoms with van der Waals surface area (Å²) in [5.74, 6) is -0.147. The van der Waals surface area contributed by atoms with Gasteiger partial charge in [-0.3, -0.25) is 0 Å². The van der Waals surface area contributed by atoms with Gasteiger partial charge in [0.25, 0.3) is 0 Å². The highest BCUT2D eigenvalue weighted by Gasteiger charge is 2.28. The van der Waals surface area contributed by atoms with Crippen LogP contribution in [0.1, 0.15) is 38.2 Å². The third kappa shape index (κ3) is 4.07. The van der Waals surface area contributed by atoms with Crippen LogP contribution in [0.25, 0.3) is 0 Å². The standard InChI is InChI=1S/C15H24FNO/c1-3-15(18-2,10-6-7-11-17)12-13-8-4-5-9-14(13)16/h4-5,8-9H,3,6-7,10-12,17H2,1-2H3. The maximum Gasteiger partial charge on any atom is 0.126 e. The lowest BCUT2D eigenvalue weighted by molar-refractivity contribution is -0.0225. The van der Waals surface area contributed by atoms with Crippen LogP contribution in [-0.2, 0) is 11.2 Å². The van der Waals surface area contributed by atoms with Crippen molar-refractivity contribution in [3.05, 3.63) is 35.6 Å². The Morgan fingerprint density at radius 1 is 1.28 bits per heavy atom. The molecule has 0 aliphatic rings. The molecule has 0 spiro atoms. The van der Waals surface area contributed by atoms with Crippen LogP contribution in [0.3, 0.4) is 0 Å². The van der Waals surface area contributed by atoms with Crippen molar-refractivity contribution in [1.29, 1.82) is 0 Å². The monoisotopic (exact) mass is 253 g/mol. The smallest absolute Gasteiger partial charge is 0.126 e. The second-order valence-electron chi connectivity index (χ2n) is 4.75. The van der Waals surface area contributed by atoms with Gasteiger partial charge in [-0.05, 0) is 43.9 Å². The second-order valence-corrected chi connectivity index (χ2v) is 4.75. The summed E-state index contributed by atoms with van der Waals surface area (Å²) in [6.07, 6.45) is 4.43. The molecule has 0 fully saturated rings. The average molecular weight is 253 g/mol. The average Bonchev–Trinajstić information content (AvgIpc) is 2.40. The maximum absolute atomic E-state index is 13.7. The zero-order valence-electron chi connectivity index (χ0n) is 11.4. The summed E-state index contributed by atoms with van der Waals surface area (Å²) in [6, 6.07) is 6.93. The number of nitrogens with two attached hydrogens (primary N) is 1. The molecule has 1 atom stereocenters. The maximum atomic E-state index is 13.7. The van der Waals surface area contributed by atoms with E-state index in [1.807, 2.05) is 12.1 Å². The topological polar surface area (TPSA) is 35.2 Å². The molecule has 0 saturated carbocycles. The van der Waals surface area contributed by atoms with Gasteiger partial charge in [0.15, 0.2) is 0 Å². The summed E-state index contributed by atoms with van der Waals surface area (Å²) in [6.45, 7) is 2.79. The molecule has 0 aromatic heterocycles. The molecule has 0 heterocycles. The molecular weight excluding hydrogens is 229 g/mol. The first-order valence-corrected chi connectivity index (χ1v) is 6.66. The number of halogens is 1. The predicted octanol–water partition coefficient (Wildman–Crippen LogP) is 3.29. The lowest BCUT2D eigenvalue weighted by Gasteiger charge is -2.32. The molecule has 102 valence electrons. The molecule has 18 heavy (non-hydrogen) atoms. The van der Waals surface area contributed by atoms with Crippen molar-refractivity contribution in [3.8, 4) is 0 Å². The molecule has 1 aromatic rings. The molecule has 0 radical (unpaired) electrons. The Bertz CT molecular complexity index is 350. The number of ether oxygens (including phenoxy) is 1. The van der Waals surface area contributed by atoms with Crippen molar-refractivity contribution in [2.75, 3.05) is 13.7 Å². The van der Waals surface area contributed by atoms with Gasteiger partial charge < -0.3 is 10.5 Å². The van der Waals surface area contributed by atoms with Crippen molar-refractivity contribution >= 4 is 0 Å². The molecule has 0 saturated heterocycles. The van der Waals surface area contributed by atoms with E-state index in [1.165, 1.54) is 6.07 Å². The molecule has 2 nitrogen and oxygen atoms in total. The van der Waals surface area contributed by atoms with Crippen LogP contribution in [0, 0.1) is 5.82 Å². The predicted molar refractivity (Wildman–Crippen MR) is 73.0 cm³/mol. The number of hydrogen-bond acceptors (Lipinski definition) is 2. The fourth-order valence-electron chi connectivity index (χ4n) is 2.29. The van der Waals surface area contributed by atoms with Crippen LogP contribution in [0.5, 0.6) is 0 Å². The van der Waals surface area contributed by atoms with Crippen LogP contribution >= 0.6 is 0 Å². The minimum absolute atomic E-state index is 0.147. The quantitative estimate of drug-likeness (QED) is 0.721. The van der Waals surface area contributed by atoms with E-state index in [9.17, 15) is 4.39 Å². The normalized spacial score (nSPS) is 14.4. The van der Waals surface area contributed by atoms with Gasteiger partial charge >= 0.3 is 0 Å². The lowest BCUT2D eigenvalue weighted by atomic mass is 9.86. The van der Waals surface area contributed by atoms with Gasteiger partial charge in [-0.1, -0.05) is 25.1 Å². The Morgan fingerprint density at radius 2 is 2.00 bits per heavy atom. The third-order valence-electron chi connectivity index (χ3n) is 3.63. The zero-order valence-corrected chi connectivity index (χ0v) is 11.4. The highest BCUT2D eigenvalue weighted by atomic mass is 19.1. The highest BCUT2D eigenvalue weighted by molar-refractivity contribution is 5.19. The summed E-state index contributed by atoms with van der Waals surface area (Å²) in [5, 5.41) is 0.